The van der Waals surface area contributed by atoms with E-state index in [2.05, 4.69) is 6.33 Å². The Morgan fingerprint density at radius 1 is 1.67 bits per heavy atom. The molecule has 1 aliphatic heterocycles. The molecule has 1 rings (SSSR count). The number of hydrogen-bond donors (Lipinski definition) is 1. The first-order valence-electron chi connectivity index (χ1n) is 1.06. The molecule has 38 valence electrons. The molecule has 4 nitrogen and oxygen atoms in total. The summed E-state index contributed by atoms with van der Waals surface area (Å²) in [5.41, 5.74) is 0. The molecule has 0 bridgehead atoms. The van der Waals surface area contributed by atoms with Gasteiger partial charge in [-0.25, -0.2) is 0 Å². The Morgan fingerprint density at radius 2 is 2.17 bits per heavy atom. The molecule has 6 heavy (non-hydrogen) atoms. The zero-order valence-corrected chi connectivity index (χ0v) is 6.80. The van der Waals surface area contributed by atoms with Crippen LogP contribution in [0.5, 0.6) is 0 Å². The monoisotopic (exact) mass is 317 g/mol. The van der Waals surface area contributed by atoms with Gasteiger partial charge in [0.2, 0.25) is 0 Å². The van der Waals surface area contributed by atoms with Gasteiger partial charge in [0.15, 0.2) is 0 Å². The van der Waals surface area contributed by atoms with Crippen LogP contribution in [0.4, 0.5) is 0 Å². The average Bonchev–Trinajstić information content (AvgIpc) is 1.33. The quantitative estimate of drug-likeness (QED) is 0.503. The third-order valence-electron chi connectivity index (χ3n) is 0.247. The van der Waals surface area contributed by atoms with Gasteiger partial charge in [0.1, 0.15) is 0 Å². The minimum atomic E-state index is -1.54. The van der Waals surface area contributed by atoms with Gasteiger partial charge in [-0.3, -0.25) is 0 Å². The number of halogens is 2. The van der Waals surface area contributed by atoms with Crippen molar-refractivity contribution in [2.75, 3.05) is 0 Å². The second kappa shape index (κ2) is 2.05. The van der Waals surface area contributed by atoms with Crippen LogP contribution in [0.25, 0.3) is 0 Å². The van der Waals surface area contributed by atoms with Crippen LogP contribution in [-0.4, -0.2) is 0 Å². The molecule has 0 aromatic heterocycles. The van der Waals surface area contributed by atoms with E-state index in [9.17, 15) is 5.21 Å². The van der Waals surface area contributed by atoms with Gasteiger partial charge in [-0.05, 0) is 0 Å². The fraction of sp³-hybridized carbons (Fsp3) is 0. The number of rotatable bonds is 0. The molecule has 0 aromatic carbocycles. The third-order valence-corrected chi connectivity index (χ3v) is 3.89. The van der Waals surface area contributed by atoms with E-state index in [1.54, 1.807) is 0 Å². The topological polar surface area (TPSA) is 46.0 Å². The molecule has 1 heterocycles. The zero-order valence-electron chi connectivity index (χ0n) is 2.48. The Hall–Kier alpha value is 1.30. The van der Waals surface area contributed by atoms with E-state index >= 15 is 0 Å². The summed E-state index contributed by atoms with van der Waals surface area (Å²) in [5.74, 6) is 0. The maximum atomic E-state index is 9.70. The fourth-order valence-corrected chi connectivity index (χ4v) is 2.53. The van der Waals surface area contributed by atoms with Gasteiger partial charge in [-0.1, -0.05) is 0 Å². The summed E-state index contributed by atoms with van der Waals surface area (Å²) in [5, 5.41) is 9.19. The van der Waals surface area contributed by atoms with Crippen molar-refractivity contribution in [3.05, 3.63) is 5.21 Å². The van der Waals surface area contributed by atoms with Crippen LogP contribution in [0.1, 0.15) is 0 Å². The average molecular weight is 317 g/mol. The first kappa shape index (κ1) is 5.44. The molecule has 0 amide bonds. The Labute approximate surface area is 51.9 Å². The van der Waals surface area contributed by atoms with Crippen molar-refractivity contribution in [3.63, 3.8) is 0 Å². The van der Waals surface area contributed by atoms with Crippen molar-refractivity contribution in [1.29, 1.82) is 0 Å². The van der Waals surface area contributed by atoms with E-state index in [0.29, 0.717) is 0 Å². The predicted octanol–water partition coefficient (Wildman–Crippen LogP) is -0.0677. The molecular weight excluding hydrogens is 316 g/mol. The summed E-state index contributed by atoms with van der Waals surface area (Å²) in [4.78, 5) is 0. The van der Waals surface area contributed by atoms with Gasteiger partial charge in [0.05, 0.1) is 0 Å². The third kappa shape index (κ3) is 1.13. The second-order valence-corrected chi connectivity index (χ2v) is 6.96. The van der Waals surface area contributed by atoms with Crippen LogP contribution in [0.3, 0.4) is 0 Å². The molecule has 0 aliphatic carbocycles. The van der Waals surface area contributed by atoms with Crippen LogP contribution in [0.15, 0.2) is 0 Å². The van der Waals surface area contributed by atoms with Gasteiger partial charge in [-0.15, -0.1) is 0 Å². The molecule has 0 aromatic rings. The Kier molecular flexibility index (Phi) is 1.85. The molecular formula is HI2NO3. The minimum absolute atomic E-state index is 0.505. The van der Waals surface area contributed by atoms with E-state index < -0.39 is 22.1 Å². The van der Waals surface area contributed by atoms with Crippen LogP contribution in [0.2, 0.25) is 0 Å². The van der Waals surface area contributed by atoms with Crippen molar-refractivity contribution < 1.29 is 11.7 Å². The summed E-state index contributed by atoms with van der Waals surface area (Å²) in [7, 11) is 0. The summed E-state index contributed by atoms with van der Waals surface area (Å²) in [6, 6.07) is 0. The van der Waals surface area contributed by atoms with Crippen molar-refractivity contribution in [1.82, 2.24) is 0 Å². The summed E-state index contributed by atoms with van der Waals surface area (Å²) >= 11 is 0.456. The van der Waals surface area contributed by atoms with Crippen LogP contribution in [-0.2, 0) is 6.33 Å². The Bertz CT molecular complexity index is 44.8. The molecule has 0 saturated carbocycles. The first-order valence-corrected chi connectivity index (χ1v) is 9.11. The normalized spacial score (nSPS) is 30.0. The molecule has 0 radical (unpaired) electrons. The summed E-state index contributed by atoms with van der Waals surface area (Å²) in [6.45, 7) is 0. The fourth-order valence-electron chi connectivity index (χ4n) is 0.105. The second-order valence-electron chi connectivity index (χ2n) is 0.584. The summed E-state index contributed by atoms with van der Waals surface area (Å²) < 4.78 is 8.84. The number of hydrogen-bond acceptors (Lipinski definition) is 3. The maximum absolute atomic E-state index is 9.70. The van der Waals surface area contributed by atoms with Gasteiger partial charge < -0.3 is 0 Å². The van der Waals surface area contributed by atoms with Gasteiger partial charge >= 0.3 is 52.2 Å². The molecule has 1 saturated heterocycles. The van der Waals surface area contributed by atoms with E-state index in [1.807, 2.05) is 18.6 Å². The van der Waals surface area contributed by atoms with E-state index in [-0.39, 0.29) is 0 Å². The van der Waals surface area contributed by atoms with Crippen LogP contribution in [0, 0.1) is 5.21 Å². The molecule has 1 fully saturated rings. The van der Waals surface area contributed by atoms with Crippen molar-refractivity contribution in [3.8, 4) is 0 Å². The summed E-state index contributed by atoms with van der Waals surface area (Å²) in [6.07, 6.45) is 0. The zero-order chi connectivity index (χ0) is 4.57. The first-order chi connectivity index (χ1) is 2.79. The van der Waals surface area contributed by atoms with Crippen molar-refractivity contribution in [2.45, 2.75) is 0 Å². The number of quaternary nitrogens is 1. The molecule has 0 unspecified atom stereocenters. The van der Waals surface area contributed by atoms with Crippen molar-refractivity contribution in [2.24, 2.45) is 0 Å². The van der Waals surface area contributed by atoms with Gasteiger partial charge in [0.25, 0.3) is 0 Å². The standard InChI is InChI=1S/HI2NO3/c1-2-5-3(4)6-2/h3H. The molecule has 1 aliphatic rings. The molecule has 0 atom stereocenters. The molecule has 1 N–H and O–H groups in total. The van der Waals surface area contributed by atoms with E-state index in [0.717, 1.165) is 0 Å². The van der Waals surface area contributed by atoms with Crippen LogP contribution < -0.4 is 5.39 Å². The predicted molar refractivity (Wildman–Crippen MR) is 34.5 cm³/mol. The van der Waals surface area contributed by atoms with Crippen LogP contribution >= 0.6 is 35.3 Å². The van der Waals surface area contributed by atoms with Gasteiger partial charge in [0, 0.05) is 0 Å². The van der Waals surface area contributed by atoms with Gasteiger partial charge in [-0.2, -0.15) is 0 Å². The number of nitrogens with one attached hydrogen (secondary N) is 1. The molecule has 0 spiro atoms. The Balaban J connectivity index is 2.11. The van der Waals surface area contributed by atoms with E-state index in [1.165, 1.54) is 0 Å². The van der Waals surface area contributed by atoms with Crippen molar-refractivity contribution >= 4 is 35.3 Å². The molecule has 6 heteroatoms. The Morgan fingerprint density at radius 3 is 2.17 bits per heavy atom. The SMILES string of the molecule is [O-][NH+]1OI(I)O1. The van der Waals surface area contributed by atoms with E-state index in [4.69, 9.17) is 0 Å².